The Labute approximate surface area is 180 Å². The van der Waals surface area contributed by atoms with Gasteiger partial charge in [0, 0.05) is 32.0 Å². The van der Waals surface area contributed by atoms with Gasteiger partial charge < -0.3 is 5.32 Å². The topological polar surface area (TPSA) is 81.8 Å². The first-order valence-corrected chi connectivity index (χ1v) is 10.3. The number of carbonyl (C=O) groups excluding carboxylic acids is 1. The van der Waals surface area contributed by atoms with E-state index < -0.39 is 0 Å². The minimum absolute atomic E-state index is 0.0301. The first-order chi connectivity index (χ1) is 15.0. The van der Waals surface area contributed by atoms with Crippen LogP contribution in [0.4, 0.5) is 0 Å². The highest BCUT2D eigenvalue weighted by atomic mass is 16.2. The first-order valence-electron chi connectivity index (χ1n) is 10.3. The van der Waals surface area contributed by atoms with Gasteiger partial charge in [0.05, 0.1) is 12.5 Å². The van der Waals surface area contributed by atoms with Gasteiger partial charge >= 0.3 is 0 Å². The van der Waals surface area contributed by atoms with Crippen molar-refractivity contribution in [3.05, 3.63) is 94.7 Å². The van der Waals surface area contributed by atoms with E-state index in [9.17, 15) is 9.59 Å². The van der Waals surface area contributed by atoms with Crippen molar-refractivity contribution >= 4 is 16.9 Å². The zero-order valence-corrected chi connectivity index (χ0v) is 17.6. The average Bonchev–Trinajstić information content (AvgIpc) is 3.16. The Hall–Kier alpha value is -3.74. The molecule has 0 fully saturated rings. The molecule has 0 bridgehead atoms. The van der Waals surface area contributed by atoms with Crippen molar-refractivity contribution in [1.29, 1.82) is 0 Å². The monoisotopic (exact) mass is 415 g/mol. The molecule has 158 valence electrons. The molecule has 4 rings (SSSR count). The molecule has 1 atom stereocenters. The van der Waals surface area contributed by atoms with Gasteiger partial charge in [-0.05, 0) is 18.1 Å². The maximum Gasteiger partial charge on any atom is 0.264 e. The highest BCUT2D eigenvalue weighted by Crippen LogP contribution is 2.28. The summed E-state index contributed by atoms with van der Waals surface area (Å²) in [4.78, 5) is 29.6. The molecule has 0 radical (unpaired) electrons. The van der Waals surface area contributed by atoms with Crippen LogP contribution in [0.15, 0.2) is 78.0 Å². The van der Waals surface area contributed by atoms with E-state index in [1.165, 1.54) is 17.1 Å². The third-order valence-corrected chi connectivity index (χ3v) is 5.50. The quantitative estimate of drug-likeness (QED) is 0.503. The summed E-state index contributed by atoms with van der Waals surface area (Å²) >= 11 is 0. The zero-order chi connectivity index (χ0) is 21.8. The second kappa shape index (κ2) is 8.95. The van der Waals surface area contributed by atoms with E-state index in [1.54, 1.807) is 11.7 Å². The Kier molecular flexibility index (Phi) is 5.93. The Bertz CT molecular complexity index is 1190. The van der Waals surface area contributed by atoms with Gasteiger partial charge in [-0.1, -0.05) is 60.7 Å². The molecular weight excluding hydrogens is 390 g/mol. The second-order valence-electron chi connectivity index (χ2n) is 7.65. The van der Waals surface area contributed by atoms with Crippen LogP contribution < -0.4 is 10.9 Å². The Morgan fingerprint density at radius 1 is 1.03 bits per heavy atom. The lowest BCUT2D eigenvalue weighted by molar-refractivity contribution is -0.122. The summed E-state index contributed by atoms with van der Waals surface area (Å²) in [6, 6.07) is 20.2. The van der Waals surface area contributed by atoms with Crippen LogP contribution in [0.3, 0.4) is 0 Å². The second-order valence-corrected chi connectivity index (χ2v) is 7.65. The van der Waals surface area contributed by atoms with Crippen LogP contribution >= 0.6 is 0 Å². The highest BCUT2D eigenvalue weighted by molar-refractivity contribution is 5.76. The van der Waals surface area contributed by atoms with Crippen LogP contribution in [0.2, 0.25) is 0 Å². The van der Waals surface area contributed by atoms with Crippen molar-refractivity contribution in [1.82, 2.24) is 24.6 Å². The smallest absolute Gasteiger partial charge is 0.264 e. The highest BCUT2D eigenvalue weighted by Gasteiger charge is 2.22. The van der Waals surface area contributed by atoms with Gasteiger partial charge in [-0.2, -0.15) is 5.10 Å². The molecule has 4 aromatic rings. The zero-order valence-electron chi connectivity index (χ0n) is 17.6. The summed E-state index contributed by atoms with van der Waals surface area (Å²) < 4.78 is 3.02. The van der Waals surface area contributed by atoms with E-state index in [1.807, 2.05) is 43.3 Å². The summed E-state index contributed by atoms with van der Waals surface area (Å²) in [6.07, 6.45) is 3.17. The van der Waals surface area contributed by atoms with Crippen LogP contribution in [0.1, 0.15) is 30.4 Å². The largest absolute Gasteiger partial charge is 0.353 e. The van der Waals surface area contributed by atoms with E-state index in [-0.39, 0.29) is 36.4 Å². The van der Waals surface area contributed by atoms with Gasteiger partial charge in [0.1, 0.15) is 5.39 Å². The third-order valence-electron chi connectivity index (χ3n) is 5.50. The Morgan fingerprint density at radius 2 is 1.65 bits per heavy atom. The standard InChI is InChI=1S/C24H25N5O2/c1-17(22(18-9-5-3-6-10-18)19-11-7-4-8-12-19)27-21(30)13-14-29-16-25-23-20(24(29)31)15-26-28(23)2/h3-12,15-17,22H,13-14H2,1-2H3,(H,27,30). The van der Waals surface area contributed by atoms with E-state index in [2.05, 4.69) is 39.7 Å². The lowest BCUT2D eigenvalue weighted by atomic mass is 9.86. The van der Waals surface area contributed by atoms with Crippen molar-refractivity contribution in [2.24, 2.45) is 7.05 Å². The number of rotatable bonds is 7. The summed E-state index contributed by atoms with van der Waals surface area (Å²) in [7, 11) is 1.74. The van der Waals surface area contributed by atoms with Crippen LogP contribution in [-0.2, 0) is 18.4 Å². The fourth-order valence-corrected chi connectivity index (χ4v) is 3.95. The third kappa shape index (κ3) is 4.40. The number of amides is 1. The van der Waals surface area contributed by atoms with Gasteiger partial charge in [0.2, 0.25) is 5.91 Å². The van der Waals surface area contributed by atoms with Crippen LogP contribution in [0.25, 0.3) is 11.0 Å². The normalized spacial score (nSPS) is 12.2. The average molecular weight is 415 g/mol. The van der Waals surface area contributed by atoms with E-state index in [0.29, 0.717) is 11.0 Å². The fourth-order valence-electron chi connectivity index (χ4n) is 3.95. The van der Waals surface area contributed by atoms with Gasteiger partial charge in [-0.3, -0.25) is 18.8 Å². The van der Waals surface area contributed by atoms with Gasteiger partial charge in [0.15, 0.2) is 5.65 Å². The van der Waals surface area contributed by atoms with E-state index in [4.69, 9.17) is 0 Å². The fraction of sp³-hybridized carbons (Fsp3) is 0.250. The number of aryl methyl sites for hydroxylation is 2. The number of carbonyl (C=O) groups is 1. The number of nitrogens with one attached hydrogen (secondary N) is 1. The molecule has 2 aromatic carbocycles. The van der Waals surface area contributed by atoms with E-state index >= 15 is 0 Å². The molecule has 1 unspecified atom stereocenters. The molecule has 0 saturated carbocycles. The SMILES string of the molecule is CC(NC(=O)CCn1cnc2c(cnn2C)c1=O)C(c1ccccc1)c1ccccc1. The Balaban J connectivity index is 1.47. The van der Waals surface area contributed by atoms with Gasteiger partial charge in [-0.15, -0.1) is 0 Å². The minimum Gasteiger partial charge on any atom is -0.353 e. The predicted molar refractivity (Wildman–Crippen MR) is 120 cm³/mol. The summed E-state index contributed by atoms with van der Waals surface area (Å²) in [5, 5.41) is 7.64. The summed E-state index contributed by atoms with van der Waals surface area (Å²) in [6.45, 7) is 2.27. The maximum absolute atomic E-state index is 12.7. The number of benzene rings is 2. The molecule has 0 spiro atoms. The molecule has 1 amide bonds. The molecule has 7 nitrogen and oxygen atoms in total. The van der Waals surface area contributed by atoms with Crippen LogP contribution in [0, 0.1) is 0 Å². The van der Waals surface area contributed by atoms with Crippen molar-refractivity contribution in [2.45, 2.75) is 31.8 Å². The van der Waals surface area contributed by atoms with Crippen LogP contribution in [-0.4, -0.2) is 31.3 Å². The molecule has 7 heteroatoms. The number of fused-ring (bicyclic) bond motifs is 1. The van der Waals surface area contributed by atoms with Gasteiger partial charge in [-0.25, -0.2) is 4.98 Å². The predicted octanol–water partition coefficient (Wildman–Crippen LogP) is 2.86. The van der Waals surface area contributed by atoms with E-state index in [0.717, 1.165) is 11.1 Å². The van der Waals surface area contributed by atoms with Crippen molar-refractivity contribution in [3.8, 4) is 0 Å². The molecule has 0 aliphatic carbocycles. The number of nitrogens with zero attached hydrogens (tertiary/aromatic N) is 4. The van der Waals surface area contributed by atoms with Gasteiger partial charge in [0.25, 0.3) is 5.56 Å². The molecule has 0 aliphatic rings. The molecular formula is C24H25N5O2. The van der Waals surface area contributed by atoms with Crippen molar-refractivity contribution < 1.29 is 4.79 Å². The van der Waals surface area contributed by atoms with Crippen molar-refractivity contribution in [2.75, 3.05) is 0 Å². The maximum atomic E-state index is 12.7. The minimum atomic E-state index is -0.189. The summed E-state index contributed by atoms with van der Waals surface area (Å²) in [5.74, 6) is -0.0787. The summed E-state index contributed by atoms with van der Waals surface area (Å²) in [5.41, 5.74) is 2.63. The van der Waals surface area contributed by atoms with Crippen molar-refractivity contribution in [3.63, 3.8) is 0 Å². The number of hydrogen-bond donors (Lipinski definition) is 1. The molecule has 2 heterocycles. The molecule has 0 saturated heterocycles. The Morgan fingerprint density at radius 3 is 2.26 bits per heavy atom. The lowest BCUT2D eigenvalue weighted by Crippen LogP contribution is -2.38. The molecule has 0 aliphatic heterocycles. The molecule has 31 heavy (non-hydrogen) atoms. The first kappa shape index (κ1) is 20.5. The molecule has 2 aromatic heterocycles. The lowest BCUT2D eigenvalue weighted by Gasteiger charge is -2.26. The number of hydrogen-bond acceptors (Lipinski definition) is 4. The van der Waals surface area contributed by atoms with Crippen LogP contribution in [0.5, 0.6) is 0 Å². The molecule has 1 N–H and O–H groups in total. The number of aromatic nitrogens is 4.